The van der Waals surface area contributed by atoms with E-state index in [1.807, 2.05) is 37.3 Å². The number of ether oxygens (including phenoxy) is 1. The molecule has 0 aliphatic heterocycles. The van der Waals surface area contributed by atoms with Crippen molar-refractivity contribution in [2.24, 2.45) is 0 Å². The third-order valence-corrected chi connectivity index (χ3v) is 4.43. The van der Waals surface area contributed by atoms with Crippen LogP contribution >= 0.6 is 0 Å². The van der Waals surface area contributed by atoms with Gasteiger partial charge in [-0.25, -0.2) is 4.79 Å². The van der Waals surface area contributed by atoms with E-state index in [2.05, 4.69) is 5.32 Å². The molecule has 0 heterocycles. The lowest BCUT2D eigenvalue weighted by Gasteiger charge is -2.11. The summed E-state index contributed by atoms with van der Waals surface area (Å²) in [4.78, 5) is 11.0. The third kappa shape index (κ3) is 10.7. The van der Waals surface area contributed by atoms with Gasteiger partial charge in [0.2, 0.25) is 0 Å². The van der Waals surface area contributed by atoms with Gasteiger partial charge in [-0.3, -0.25) is 4.18 Å². The number of carboxylic acids is 1. The molecule has 0 radical (unpaired) electrons. The molecule has 0 aliphatic carbocycles. The van der Waals surface area contributed by atoms with Gasteiger partial charge in [-0.05, 0) is 43.9 Å². The number of anilines is 1. The van der Waals surface area contributed by atoms with E-state index in [9.17, 15) is 13.2 Å². The number of benzene rings is 1. The number of methoxy groups -OCH3 is 1. The van der Waals surface area contributed by atoms with E-state index in [0.717, 1.165) is 48.9 Å². The zero-order valence-corrected chi connectivity index (χ0v) is 16.9. The number of carbonyl (C=O) groups is 1. The van der Waals surface area contributed by atoms with Crippen LogP contribution in [-0.2, 0) is 30.3 Å². The van der Waals surface area contributed by atoms with Gasteiger partial charge in [0.1, 0.15) is 0 Å². The van der Waals surface area contributed by atoms with Gasteiger partial charge in [-0.1, -0.05) is 23.8 Å². The number of allylic oxidation sites excluding steroid dienone is 1. The zero-order valence-electron chi connectivity index (χ0n) is 16.1. The van der Waals surface area contributed by atoms with Crippen LogP contribution < -0.4 is 5.32 Å². The molecule has 0 spiro atoms. The molecule has 0 bridgehead atoms. The molecule has 2 N–H and O–H groups in total. The van der Waals surface area contributed by atoms with Crippen LogP contribution in [0.1, 0.15) is 31.7 Å². The van der Waals surface area contributed by atoms with E-state index in [1.54, 1.807) is 0 Å². The molecule has 7 nitrogen and oxygen atoms in total. The van der Waals surface area contributed by atoms with Crippen molar-refractivity contribution in [3.8, 4) is 0 Å². The Hall–Kier alpha value is -1.90. The molecule has 0 amide bonds. The van der Waals surface area contributed by atoms with Crippen molar-refractivity contribution in [1.82, 2.24) is 0 Å². The van der Waals surface area contributed by atoms with Crippen molar-refractivity contribution in [3.05, 3.63) is 41.5 Å². The number of rotatable bonds is 13. The van der Waals surface area contributed by atoms with Crippen molar-refractivity contribution >= 4 is 21.8 Å². The van der Waals surface area contributed by atoms with Gasteiger partial charge in [-0.2, -0.15) is 8.42 Å². The highest BCUT2D eigenvalue weighted by Crippen LogP contribution is 2.13. The summed E-state index contributed by atoms with van der Waals surface area (Å²) in [6.45, 7) is 2.78. The van der Waals surface area contributed by atoms with Crippen LogP contribution in [0.4, 0.5) is 5.69 Å². The maximum absolute atomic E-state index is 11.0. The maximum Gasteiger partial charge on any atom is 0.333 e. The second-order valence-corrected chi connectivity index (χ2v) is 8.05. The first-order valence-electron chi connectivity index (χ1n) is 8.79. The van der Waals surface area contributed by atoms with Gasteiger partial charge >= 0.3 is 5.97 Å². The third-order valence-electron chi connectivity index (χ3n) is 3.89. The topological polar surface area (TPSA) is 102 Å². The first kappa shape index (κ1) is 23.1. The Balaban J connectivity index is 2.26. The van der Waals surface area contributed by atoms with Gasteiger partial charge in [0.05, 0.1) is 12.9 Å². The molecule has 0 aliphatic rings. The molecule has 1 aromatic rings. The van der Waals surface area contributed by atoms with E-state index in [0.29, 0.717) is 6.42 Å². The predicted octanol–water partition coefficient (Wildman–Crippen LogP) is 2.83. The first-order valence-corrected chi connectivity index (χ1v) is 10.6. The van der Waals surface area contributed by atoms with E-state index < -0.39 is 22.2 Å². The minimum absolute atomic E-state index is 0.106. The van der Waals surface area contributed by atoms with E-state index in [-0.39, 0.29) is 6.61 Å². The Morgan fingerprint density at radius 2 is 1.93 bits per heavy atom. The standard InChI is InChI=1S/C19H29NO6S/c1-15(14-26-27(3,23)24)7-5-4-6-12-20-17-10-8-16(9-11-17)13-18(25-2)19(21)22/h7-11,18,20H,4-6,12-14H2,1-3H3,(H,21,22). The van der Waals surface area contributed by atoms with Crippen LogP contribution in [0, 0.1) is 0 Å². The number of hydrogen-bond acceptors (Lipinski definition) is 6. The average molecular weight is 400 g/mol. The lowest BCUT2D eigenvalue weighted by atomic mass is 10.1. The van der Waals surface area contributed by atoms with Crippen LogP contribution in [0.25, 0.3) is 0 Å². The second kappa shape index (κ2) is 11.7. The fraction of sp³-hybridized carbons (Fsp3) is 0.526. The summed E-state index contributed by atoms with van der Waals surface area (Å²) in [5, 5.41) is 12.3. The van der Waals surface area contributed by atoms with Crippen LogP contribution in [0.3, 0.4) is 0 Å². The quantitative estimate of drug-likeness (QED) is 0.299. The Morgan fingerprint density at radius 1 is 1.26 bits per heavy atom. The number of carboxylic acid groups (broad SMARTS) is 1. The SMILES string of the molecule is COC(Cc1ccc(NCCCCC=C(C)COS(C)(=O)=O)cc1)C(=O)O. The molecule has 0 saturated heterocycles. The normalized spacial score (nSPS) is 13.4. The van der Waals surface area contributed by atoms with Crippen LogP contribution in [0.2, 0.25) is 0 Å². The summed E-state index contributed by atoms with van der Waals surface area (Å²) in [6.07, 6.45) is 5.37. The second-order valence-electron chi connectivity index (χ2n) is 6.40. The smallest absolute Gasteiger partial charge is 0.333 e. The molecule has 1 rings (SSSR count). The van der Waals surface area contributed by atoms with Gasteiger partial charge in [0.15, 0.2) is 6.10 Å². The Morgan fingerprint density at radius 3 is 2.48 bits per heavy atom. The monoisotopic (exact) mass is 399 g/mol. The van der Waals surface area contributed by atoms with Crippen molar-refractivity contribution in [1.29, 1.82) is 0 Å². The molecule has 27 heavy (non-hydrogen) atoms. The molecule has 1 unspecified atom stereocenters. The Kier molecular flexibility index (Phi) is 10.1. The Bertz CT molecular complexity index is 712. The van der Waals surface area contributed by atoms with Crippen LogP contribution in [0.5, 0.6) is 0 Å². The van der Waals surface area contributed by atoms with E-state index >= 15 is 0 Å². The fourth-order valence-corrected chi connectivity index (χ4v) is 2.75. The molecule has 0 fully saturated rings. The number of unbranched alkanes of at least 4 members (excludes halogenated alkanes) is 2. The molecule has 0 aromatic heterocycles. The summed E-state index contributed by atoms with van der Waals surface area (Å²) < 4.78 is 31.5. The summed E-state index contributed by atoms with van der Waals surface area (Å²) in [7, 11) is -2.00. The average Bonchev–Trinajstić information content (AvgIpc) is 2.61. The van der Waals surface area contributed by atoms with Crippen LogP contribution in [-0.4, -0.2) is 52.1 Å². The molecule has 0 saturated carbocycles. The molecular weight excluding hydrogens is 370 g/mol. The summed E-state index contributed by atoms with van der Waals surface area (Å²) in [6, 6.07) is 7.64. The zero-order chi connectivity index (χ0) is 20.3. The molecule has 8 heteroatoms. The molecule has 152 valence electrons. The highest BCUT2D eigenvalue weighted by Gasteiger charge is 2.16. The highest BCUT2D eigenvalue weighted by atomic mass is 32.2. The Labute approximate surface area is 161 Å². The summed E-state index contributed by atoms with van der Waals surface area (Å²) >= 11 is 0. The molecule has 1 atom stereocenters. The van der Waals surface area contributed by atoms with Crippen molar-refractivity contribution in [3.63, 3.8) is 0 Å². The van der Waals surface area contributed by atoms with Crippen LogP contribution in [0.15, 0.2) is 35.9 Å². The minimum atomic E-state index is -3.39. The predicted molar refractivity (Wildman–Crippen MR) is 105 cm³/mol. The highest BCUT2D eigenvalue weighted by molar-refractivity contribution is 7.85. The number of aliphatic carboxylic acids is 1. The molecule has 1 aromatic carbocycles. The van der Waals surface area contributed by atoms with Crippen molar-refractivity contribution < 1.29 is 27.2 Å². The van der Waals surface area contributed by atoms with Gasteiger partial charge in [-0.15, -0.1) is 0 Å². The largest absolute Gasteiger partial charge is 0.479 e. The van der Waals surface area contributed by atoms with Gasteiger partial charge in [0, 0.05) is 25.8 Å². The van der Waals surface area contributed by atoms with E-state index in [1.165, 1.54) is 7.11 Å². The maximum atomic E-state index is 11.0. The number of hydrogen-bond donors (Lipinski definition) is 2. The summed E-state index contributed by atoms with van der Waals surface area (Å²) in [5.74, 6) is -0.966. The fourth-order valence-electron chi connectivity index (χ4n) is 2.35. The van der Waals surface area contributed by atoms with E-state index in [4.69, 9.17) is 14.0 Å². The first-order chi connectivity index (χ1) is 12.7. The lowest BCUT2D eigenvalue weighted by Crippen LogP contribution is -2.24. The minimum Gasteiger partial charge on any atom is -0.479 e. The molecular formula is C19H29NO6S. The van der Waals surface area contributed by atoms with Gasteiger partial charge < -0.3 is 15.2 Å². The van der Waals surface area contributed by atoms with Crippen molar-refractivity contribution in [2.75, 3.05) is 31.8 Å². The van der Waals surface area contributed by atoms with Gasteiger partial charge in [0.25, 0.3) is 10.1 Å². The summed E-state index contributed by atoms with van der Waals surface area (Å²) in [5.41, 5.74) is 2.79. The lowest BCUT2D eigenvalue weighted by molar-refractivity contribution is -0.148. The number of nitrogens with one attached hydrogen (secondary N) is 1. The van der Waals surface area contributed by atoms with Crippen molar-refractivity contribution in [2.45, 2.75) is 38.7 Å².